The molecule has 0 amide bonds. The number of benzene rings is 1. The first-order valence-electron chi connectivity index (χ1n) is 5.59. The quantitative estimate of drug-likeness (QED) is 0.696. The molecule has 0 saturated heterocycles. The van der Waals surface area contributed by atoms with Crippen LogP contribution in [0.2, 0.25) is 0 Å². The van der Waals surface area contributed by atoms with E-state index in [9.17, 15) is 0 Å². The number of rotatable bonds is 1. The lowest BCUT2D eigenvalue weighted by molar-refractivity contribution is 0.419. The third-order valence-electron chi connectivity index (χ3n) is 4.04. The maximum Gasteiger partial charge on any atom is 0.0210 e. The van der Waals surface area contributed by atoms with E-state index in [0.29, 0.717) is 0 Å². The molecule has 0 aliphatic heterocycles. The van der Waals surface area contributed by atoms with Crippen LogP contribution in [0.15, 0.2) is 28.7 Å². The van der Waals surface area contributed by atoms with Gasteiger partial charge in [-0.15, -0.1) is 0 Å². The molecule has 2 saturated carbocycles. The van der Waals surface area contributed by atoms with Crippen molar-refractivity contribution in [1.29, 1.82) is 0 Å². The second-order valence-electron chi connectivity index (χ2n) is 4.80. The summed E-state index contributed by atoms with van der Waals surface area (Å²) >= 11 is 3.68. The van der Waals surface area contributed by atoms with Crippen LogP contribution in [0.5, 0.6) is 0 Å². The maximum absolute atomic E-state index is 3.68. The molecular formula is C13H15Br. The molecule has 0 spiro atoms. The largest absolute Gasteiger partial charge is 0.0619 e. The molecule has 3 atom stereocenters. The van der Waals surface area contributed by atoms with Crippen LogP contribution in [0.25, 0.3) is 0 Å². The van der Waals surface area contributed by atoms with E-state index in [1.807, 2.05) is 0 Å². The van der Waals surface area contributed by atoms with Crippen molar-refractivity contribution in [1.82, 2.24) is 0 Å². The third kappa shape index (κ3) is 1.33. The zero-order valence-electron chi connectivity index (χ0n) is 8.25. The molecule has 0 radical (unpaired) electrons. The highest BCUT2D eigenvalue weighted by molar-refractivity contribution is 9.10. The Hall–Kier alpha value is -0.300. The van der Waals surface area contributed by atoms with Gasteiger partial charge in [0.25, 0.3) is 0 Å². The van der Waals surface area contributed by atoms with E-state index in [0.717, 1.165) is 17.8 Å². The maximum atomic E-state index is 3.68. The minimum Gasteiger partial charge on any atom is -0.0619 e. The summed E-state index contributed by atoms with van der Waals surface area (Å²) < 4.78 is 1.32. The van der Waals surface area contributed by atoms with Crippen LogP contribution < -0.4 is 0 Å². The Labute approximate surface area is 93.8 Å². The van der Waals surface area contributed by atoms with Gasteiger partial charge >= 0.3 is 0 Å². The number of halogens is 1. The van der Waals surface area contributed by atoms with Gasteiger partial charge in [-0.1, -0.05) is 40.5 Å². The number of fused-ring (bicyclic) bond motifs is 2. The van der Waals surface area contributed by atoms with Crippen molar-refractivity contribution in [3.8, 4) is 0 Å². The Morgan fingerprint density at radius 3 is 2.57 bits per heavy atom. The standard InChI is InChI=1S/C13H15Br/c14-13-4-2-1-3-11(13)12-8-9-5-6-10(12)7-9/h1-4,9-10,12H,5-8H2. The van der Waals surface area contributed by atoms with Crippen LogP contribution in [-0.2, 0) is 0 Å². The molecule has 2 bridgehead atoms. The van der Waals surface area contributed by atoms with Gasteiger partial charge in [-0.05, 0) is 48.6 Å². The highest BCUT2D eigenvalue weighted by Gasteiger charge is 2.40. The van der Waals surface area contributed by atoms with E-state index in [2.05, 4.69) is 40.2 Å². The Morgan fingerprint density at radius 2 is 1.93 bits per heavy atom. The molecule has 2 aliphatic carbocycles. The zero-order chi connectivity index (χ0) is 9.54. The van der Waals surface area contributed by atoms with Gasteiger partial charge < -0.3 is 0 Å². The van der Waals surface area contributed by atoms with E-state index in [4.69, 9.17) is 0 Å². The molecule has 3 unspecified atom stereocenters. The molecule has 0 aromatic heterocycles. The lowest BCUT2D eigenvalue weighted by atomic mass is 9.83. The molecule has 1 heteroatoms. The van der Waals surface area contributed by atoms with Crippen LogP contribution in [0.1, 0.15) is 37.2 Å². The van der Waals surface area contributed by atoms with E-state index >= 15 is 0 Å². The molecule has 2 fully saturated rings. The summed E-state index contributed by atoms with van der Waals surface area (Å²) in [6.07, 6.45) is 5.89. The van der Waals surface area contributed by atoms with Gasteiger partial charge in [-0.2, -0.15) is 0 Å². The Morgan fingerprint density at radius 1 is 1.07 bits per heavy atom. The topological polar surface area (TPSA) is 0 Å². The summed E-state index contributed by atoms with van der Waals surface area (Å²) in [4.78, 5) is 0. The second kappa shape index (κ2) is 3.37. The summed E-state index contributed by atoms with van der Waals surface area (Å²) in [5.41, 5.74) is 1.56. The molecule has 14 heavy (non-hydrogen) atoms. The first kappa shape index (κ1) is 8.96. The minimum absolute atomic E-state index is 0.851. The Balaban J connectivity index is 1.93. The molecular weight excluding hydrogens is 236 g/mol. The second-order valence-corrected chi connectivity index (χ2v) is 5.66. The molecule has 0 nitrogen and oxygen atoms in total. The molecule has 0 heterocycles. The van der Waals surface area contributed by atoms with Crippen LogP contribution in [0.3, 0.4) is 0 Å². The van der Waals surface area contributed by atoms with Crippen LogP contribution in [-0.4, -0.2) is 0 Å². The fourth-order valence-electron chi connectivity index (χ4n) is 3.40. The predicted molar refractivity (Wildman–Crippen MR) is 62.3 cm³/mol. The average molecular weight is 251 g/mol. The zero-order valence-corrected chi connectivity index (χ0v) is 9.83. The van der Waals surface area contributed by atoms with Crippen LogP contribution in [0.4, 0.5) is 0 Å². The van der Waals surface area contributed by atoms with Gasteiger partial charge in [0.05, 0.1) is 0 Å². The number of hydrogen-bond donors (Lipinski definition) is 0. The van der Waals surface area contributed by atoms with Gasteiger partial charge in [-0.25, -0.2) is 0 Å². The van der Waals surface area contributed by atoms with Gasteiger partial charge in [0.1, 0.15) is 0 Å². The smallest absolute Gasteiger partial charge is 0.0210 e. The van der Waals surface area contributed by atoms with Crippen molar-refractivity contribution < 1.29 is 0 Å². The Bertz CT molecular complexity index is 345. The summed E-state index contributed by atoms with van der Waals surface area (Å²) in [5.74, 6) is 2.88. The summed E-state index contributed by atoms with van der Waals surface area (Å²) in [7, 11) is 0. The monoisotopic (exact) mass is 250 g/mol. The molecule has 3 rings (SSSR count). The fourth-order valence-corrected chi connectivity index (χ4v) is 3.98. The summed E-state index contributed by atoms with van der Waals surface area (Å²) in [5, 5.41) is 0. The molecule has 2 aliphatic rings. The average Bonchev–Trinajstić information content (AvgIpc) is 2.79. The van der Waals surface area contributed by atoms with Crippen molar-refractivity contribution in [3.05, 3.63) is 34.3 Å². The molecule has 74 valence electrons. The molecule has 1 aromatic carbocycles. The van der Waals surface area contributed by atoms with Crippen molar-refractivity contribution in [2.75, 3.05) is 0 Å². The lowest BCUT2D eigenvalue weighted by Gasteiger charge is -2.22. The molecule has 1 aromatic rings. The van der Waals surface area contributed by atoms with Crippen LogP contribution >= 0.6 is 15.9 Å². The lowest BCUT2D eigenvalue weighted by Crippen LogP contribution is -2.08. The van der Waals surface area contributed by atoms with Gasteiger partial charge in [0.2, 0.25) is 0 Å². The van der Waals surface area contributed by atoms with Crippen molar-refractivity contribution in [2.24, 2.45) is 11.8 Å². The number of hydrogen-bond acceptors (Lipinski definition) is 0. The summed E-state index contributed by atoms with van der Waals surface area (Å²) in [6, 6.07) is 8.77. The van der Waals surface area contributed by atoms with E-state index < -0.39 is 0 Å². The minimum atomic E-state index is 0.851. The van der Waals surface area contributed by atoms with Crippen LogP contribution in [0, 0.1) is 11.8 Å². The van der Waals surface area contributed by atoms with Gasteiger partial charge in [0.15, 0.2) is 0 Å². The third-order valence-corrected chi connectivity index (χ3v) is 4.76. The molecule has 0 N–H and O–H groups in total. The van der Waals surface area contributed by atoms with E-state index in [1.54, 1.807) is 5.56 Å². The van der Waals surface area contributed by atoms with Gasteiger partial charge in [0, 0.05) is 4.47 Å². The first-order valence-corrected chi connectivity index (χ1v) is 6.38. The highest BCUT2D eigenvalue weighted by atomic mass is 79.9. The first-order chi connectivity index (χ1) is 6.84. The van der Waals surface area contributed by atoms with E-state index in [-0.39, 0.29) is 0 Å². The predicted octanol–water partition coefficient (Wildman–Crippen LogP) is 4.35. The highest BCUT2D eigenvalue weighted by Crippen LogP contribution is 2.53. The normalized spacial score (nSPS) is 35.1. The Kier molecular flexibility index (Phi) is 2.16. The van der Waals surface area contributed by atoms with Crippen molar-refractivity contribution >= 4 is 15.9 Å². The van der Waals surface area contributed by atoms with E-state index in [1.165, 1.54) is 30.2 Å². The SMILES string of the molecule is Brc1ccccc1C1CC2CCC1C2. The fraction of sp³-hybridized carbons (Fsp3) is 0.538. The van der Waals surface area contributed by atoms with Crippen molar-refractivity contribution in [3.63, 3.8) is 0 Å². The summed E-state index contributed by atoms with van der Waals surface area (Å²) in [6.45, 7) is 0. The van der Waals surface area contributed by atoms with Gasteiger partial charge in [-0.3, -0.25) is 0 Å². The van der Waals surface area contributed by atoms with Crippen molar-refractivity contribution in [2.45, 2.75) is 31.6 Å².